The number of rotatable bonds is 4. The van der Waals surface area contributed by atoms with E-state index in [-0.39, 0.29) is 6.10 Å². The second kappa shape index (κ2) is 14.6. The molecule has 0 spiro atoms. The lowest BCUT2D eigenvalue weighted by Gasteiger charge is -2.20. The topological polar surface area (TPSA) is 52.9 Å². The maximum Gasteiger partial charge on any atom is 0.163 e. The lowest BCUT2D eigenvalue weighted by Crippen LogP contribution is -2.35. The van der Waals surface area contributed by atoms with E-state index in [1.165, 1.54) is 5.56 Å². The van der Waals surface area contributed by atoms with Crippen LogP contribution < -0.4 is 0 Å². The molecule has 166 valence electrons. The molecule has 0 radical (unpaired) electrons. The predicted molar refractivity (Wildman–Crippen MR) is 124 cm³/mol. The average Bonchev–Trinajstić information content (AvgIpc) is 3.07. The molecule has 1 saturated heterocycles. The number of aliphatic hydroxyl groups is 1. The fraction of sp³-hybridized carbons (Fsp3) is 0.609. The van der Waals surface area contributed by atoms with Gasteiger partial charge in [-0.15, -0.1) is 0 Å². The Hall–Kier alpha value is -1.31. The van der Waals surface area contributed by atoms with Gasteiger partial charge in [-0.2, -0.15) is 0 Å². The Kier molecular flexibility index (Phi) is 14.0. The molecule has 2 aromatic rings. The summed E-state index contributed by atoms with van der Waals surface area (Å²) in [5, 5.41) is 12.6. The number of hydrogen-bond donors (Lipinski definition) is 1. The van der Waals surface area contributed by atoms with Crippen molar-refractivity contribution in [3.63, 3.8) is 0 Å². The van der Waals surface area contributed by atoms with Gasteiger partial charge in [-0.3, -0.25) is 0 Å². The Morgan fingerprint density at radius 1 is 1.07 bits per heavy atom. The van der Waals surface area contributed by atoms with Crippen molar-refractivity contribution in [2.24, 2.45) is 0 Å². The molecule has 6 heteroatoms. The highest BCUT2D eigenvalue weighted by molar-refractivity contribution is 7.71. The molecule has 1 aliphatic heterocycles. The van der Waals surface area contributed by atoms with E-state index in [0.717, 1.165) is 10.8 Å². The van der Waals surface area contributed by atoms with Gasteiger partial charge in [-0.1, -0.05) is 77.5 Å². The van der Waals surface area contributed by atoms with Gasteiger partial charge >= 0.3 is 0 Å². The molecule has 0 aliphatic carbocycles. The molecule has 2 heterocycles. The number of hydrogen-bond acceptors (Lipinski definition) is 5. The second-order valence-corrected chi connectivity index (χ2v) is 6.22. The zero-order valence-electron chi connectivity index (χ0n) is 19.4. The van der Waals surface area contributed by atoms with Crippen molar-refractivity contribution >= 4 is 23.0 Å². The number of fused-ring (bicyclic) bond motifs is 1. The Morgan fingerprint density at radius 3 is 2.24 bits per heavy atom. The molecular weight excluding hydrogens is 386 g/mol. The maximum absolute atomic E-state index is 10.6. The van der Waals surface area contributed by atoms with Gasteiger partial charge in [0.15, 0.2) is 6.23 Å². The van der Waals surface area contributed by atoms with Crippen molar-refractivity contribution in [1.82, 2.24) is 4.57 Å². The molecule has 1 N–H and O–H groups in total. The minimum absolute atomic E-state index is 0.333. The summed E-state index contributed by atoms with van der Waals surface area (Å²) in [4.78, 5) is 0. The SMILES string of the molecule is CC.CC.CC.COCC1OC(n2ccc3cc(C)ccc3c2=S)C(O)C1OC. The number of nitrogens with zero attached hydrogens (tertiary/aromatic N) is 1. The molecule has 0 bridgehead atoms. The van der Waals surface area contributed by atoms with E-state index in [0.29, 0.717) is 11.2 Å². The molecule has 1 fully saturated rings. The van der Waals surface area contributed by atoms with Gasteiger partial charge in [0, 0.05) is 25.8 Å². The van der Waals surface area contributed by atoms with Gasteiger partial charge in [-0.25, -0.2) is 0 Å². The first-order valence-electron chi connectivity index (χ1n) is 10.5. The molecule has 29 heavy (non-hydrogen) atoms. The fourth-order valence-electron chi connectivity index (χ4n) is 3.12. The Balaban J connectivity index is 0.00000120. The van der Waals surface area contributed by atoms with E-state index < -0.39 is 18.4 Å². The standard InChI is InChI=1S/C17H21NO4S.3C2H6/c1-10-4-5-12-11(8-10)6-7-18(17(12)23)16-14(19)15(21-3)13(22-16)9-20-2;3*1-2/h4-8,13-16,19H,9H2,1-3H3;3*1-2H3. The molecule has 1 aliphatic rings. The monoisotopic (exact) mass is 425 g/mol. The number of methoxy groups -OCH3 is 2. The molecule has 1 aromatic carbocycles. The molecule has 4 unspecified atom stereocenters. The number of ether oxygens (including phenoxy) is 3. The van der Waals surface area contributed by atoms with E-state index in [1.807, 2.05) is 72.9 Å². The van der Waals surface area contributed by atoms with Crippen molar-refractivity contribution in [1.29, 1.82) is 0 Å². The lowest BCUT2D eigenvalue weighted by atomic mass is 10.1. The van der Waals surface area contributed by atoms with Crippen molar-refractivity contribution in [3.05, 3.63) is 40.7 Å². The normalized spacial score (nSPS) is 22.6. The largest absolute Gasteiger partial charge is 0.386 e. The van der Waals surface area contributed by atoms with Crippen molar-refractivity contribution in [2.45, 2.75) is 73.0 Å². The van der Waals surface area contributed by atoms with Crippen LogP contribution in [0.15, 0.2) is 30.5 Å². The van der Waals surface area contributed by atoms with Gasteiger partial charge < -0.3 is 23.9 Å². The van der Waals surface area contributed by atoms with Gasteiger partial charge in [0.2, 0.25) is 0 Å². The Labute approximate surface area is 181 Å². The van der Waals surface area contributed by atoms with Crippen LogP contribution in [-0.2, 0) is 14.2 Å². The quantitative estimate of drug-likeness (QED) is 0.639. The van der Waals surface area contributed by atoms with Crippen LogP contribution in [0, 0.1) is 11.6 Å². The summed E-state index contributed by atoms with van der Waals surface area (Å²) >= 11 is 5.60. The third kappa shape index (κ3) is 6.59. The number of pyridine rings is 1. The van der Waals surface area contributed by atoms with E-state index in [9.17, 15) is 5.11 Å². The van der Waals surface area contributed by atoms with Crippen LogP contribution in [0.5, 0.6) is 0 Å². The van der Waals surface area contributed by atoms with Crippen LogP contribution in [0.1, 0.15) is 53.3 Å². The van der Waals surface area contributed by atoms with Crippen molar-refractivity contribution in [2.75, 3.05) is 20.8 Å². The maximum atomic E-state index is 10.6. The van der Waals surface area contributed by atoms with Crippen molar-refractivity contribution in [3.8, 4) is 0 Å². The average molecular weight is 426 g/mol. The van der Waals surface area contributed by atoms with Crippen LogP contribution in [-0.4, -0.2) is 48.8 Å². The van der Waals surface area contributed by atoms with E-state index in [1.54, 1.807) is 18.8 Å². The predicted octanol–water partition coefficient (Wildman–Crippen LogP) is 5.68. The summed E-state index contributed by atoms with van der Waals surface area (Å²) in [6.07, 6.45) is -0.316. The minimum Gasteiger partial charge on any atom is -0.386 e. The molecule has 4 atom stereocenters. The summed E-state index contributed by atoms with van der Waals surface area (Å²) in [7, 11) is 3.16. The number of aromatic nitrogens is 1. The first-order valence-corrected chi connectivity index (χ1v) is 10.9. The minimum atomic E-state index is -0.810. The lowest BCUT2D eigenvalue weighted by molar-refractivity contribution is -0.0629. The van der Waals surface area contributed by atoms with Gasteiger partial charge in [0.25, 0.3) is 0 Å². The number of aliphatic hydroxyl groups excluding tert-OH is 1. The molecule has 1 aromatic heterocycles. The number of aryl methyl sites for hydroxylation is 1. The molecule has 0 saturated carbocycles. The van der Waals surface area contributed by atoms with E-state index >= 15 is 0 Å². The Morgan fingerprint density at radius 2 is 1.69 bits per heavy atom. The summed E-state index contributed by atoms with van der Waals surface area (Å²) < 4.78 is 18.9. The van der Waals surface area contributed by atoms with E-state index in [2.05, 4.69) is 6.07 Å². The van der Waals surface area contributed by atoms with Crippen LogP contribution in [0.3, 0.4) is 0 Å². The zero-order valence-corrected chi connectivity index (χ0v) is 20.2. The van der Waals surface area contributed by atoms with Crippen LogP contribution in [0.2, 0.25) is 0 Å². The summed E-state index contributed by atoms with van der Waals surface area (Å²) in [5.74, 6) is 0. The summed E-state index contributed by atoms with van der Waals surface area (Å²) in [5.41, 5.74) is 1.18. The van der Waals surface area contributed by atoms with Crippen molar-refractivity contribution < 1.29 is 19.3 Å². The number of benzene rings is 1. The molecular formula is C23H39NO4S. The smallest absolute Gasteiger partial charge is 0.163 e. The second-order valence-electron chi connectivity index (χ2n) is 5.83. The molecule has 0 amide bonds. The fourth-order valence-corrected chi connectivity index (χ4v) is 3.47. The van der Waals surface area contributed by atoms with Crippen LogP contribution in [0.4, 0.5) is 0 Å². The Bertz CT molecular complexity index is 762. The van der Waals surface area contributed by atoms with Gasteiger partial charge in [0.1, 0.15) is 23.0 Å². The third-order valence-corrected chi connectivity index (χ3v) is 4.70. The summed E-state index contributed by atoms with van der Waals surface area (Å²) in [6.45, 7) is 14.4. The van der Waals surface area contributed by atoms with Gasteiger partial charge in [0.05, 0.1) is 6.61 Å². The first kappa shape index (κ1) is 27.7. The highest BCUT2D eigenvalue weighted by Gasteiger charge is 2.44. The zero-order chi connectivity index (χ0) is 22.6. The molecule has 3 rings (SSSR count). The molecule has 5 nitrogen and oxygen atoms in total. The van der Waals surface area contributed by atoms with E-state index in [4.69, 9.17) is 26.4 Å². The van der Waals surface area contributed by atoms with Crippen LogP contribution >= 0.6 is 12.2 Å². The highest BCUT2D eigenvalue weighted by Crippen LogP contribution is 2.32. The highest BCUT2D eigenvalue weighted by atomic mass is 32.1. The van der Waals surface area contributed by atoms with Crippen LogP contribution in [0.25, 0.3) is 10.8 Å². The summed E-state index contributed by atoms with van der Waals surface area (Å²) in [6, 6.07) is 8.11. The first-order chi connectivity index (χ1) is 14.1. The van der Waals surface area contributed by atoms with Gasteiger partial charge in [-0.05, 0) is 18.4 Å². The third-order valence-electron chi connectivity index (χ3n) is 4.27.